The number of benzene rings is 2. The summed E-state index contributed by atoms with van der Waals surface area (Å²) in [4.78, 5) is 12.9. The predicted octanol–water partition coefficient (Wildman–Crippen LogP) is 4.23. The van der Waals surface area contributed by atoms with Gasteiger partial charge < -0.3 is 9.52 Å². The number of nitrogens with zero attached hydrogens (tertiary/aromatic N) is 2. The Labute approximate surface area is 194 Å². The molecular formula is C25H27FN2O4S. The summed E-state index contributed by atoms with van der Waals surface area (Å²) in [6.45, 7) is 3.19. The largest absolute Gasteiger partial charge is 0.481 e. The molecule has 2 saturated heterocycles. The predicted molar refractivity (Wildman–Crippen MR) is 126 cm³/mol. The second kappa shape index (κ2) is 9.00. The van der Waals surface area contributed by atoms with Gasteiger partial charge in [0.05, 0.1) is 22.5 Å². The Morgan fingerprint density at radius 3 is 2.58 bits per heavy atom. The van der Waals surface area contributed by atoms with Crippen LogP contribution >= 0.6 is 0 Å². The standard InChI is InChI=1S/C25H27FN2O4S/c1-33(31)28-8-6-17(7-9-28)18-3-5-23-19(11-18)12-24(32-23)21-4-2-16(10-22(21)26)13-27-14-20(15-27)25(29)30/h2-5,10-12,17,20H,6-9,13-15H2,1H3,(H,29,30). The molecule has 6 nitrogen and oxygen atoms in total. The summed E-state index contributed by atoms with van der Waals surface area (Å²) in [6.07, 6.45) is 3.66. The van der Waals surface area contributed by atoms with E-state index in [0.29, 0.717) is 36.9 Å². The van der Waals surface area contributed by atoms with Gasteiger partial charge in [-0.15, -0.1) is 0 Å². The lowest BCUT2D eigenvalue weighted by atomic mass is 9.90. The third-order valence-electron chi connectivity index (χ3n) is 6.84. The number of furan rings is 1. The fourth-order valence-electron chi connectivity index (χ4n) is 4.86. The van der Waals surface area contributed by atoms with E-state index in [1.807, 2.05) is 27.4 Å². The molecular weight excluding hydrogens is 443 g/mol. The van der Waals surface area contributed by atoms with Crippen LogP contribution in [0, 0.1) is 11.7 Å². The van der Waals surface area contributed by atoms with Crippen LogP contribution in [0.4, 0.5) is 4.39 Å². The minimum atomic E-state index is -0.915. The third-order valence-corrected chi connectivity index (χ3v) is 7.93. The zero-order valence-corrected chi connectivity index (χ0v) is 19.3. The Morgan fingerprint density at radius 1 is 1.15 bits per heavy atom. The van der Waals surface area contributed by atoms with Crippen LogP contribution in [-0.4, -0.2) is 56.9 Å². The van der Waals surface area contributed by atoms with Crippen molar-refractivity contribution in [3.8, 4) is 11.3 Å². The summed E-state index contributed by atoms with van der Waals surface area (Å²) in [6, 6.07) is 13.2. The Bertz CT molecular complexity index is 1210. The molecule has 8 heteroatoms. The Kier molecular flexibility index (Phi) is 6.07. The van der Waals surface area contributed by atoms with Crippen LogP contribution in [0.1, 0.15) is 29.9 Å². The van der Waals surface area contributed by atoms with Crippen molar-refractivity contribution in [1.29, 1.82) is 0 Å². The van der Waals surface area contributed by atoms with E-state index in [1.54, 1.807) is 12.3 Å². The van der Waals surface area contributed by atoms with Crippen LogP contribution in [0.15, 0.2) is 46.9 Å². The van der Waals surface area contributed by atoms with Gasteiger partial charge >= 0.3 is 5.97 Å². The highest BCUT2D eigenvalue weighted by atomic mass is 32.2. The van der Waals surface area contributed by atoms with E-state index < -0.39 is 17.0 Å². The van der Waals surface area contributed by atoms with Gasteiger partial charge in [0.15, 0.2) is 0 Å². The van der Waals surface area contributed by atoms with Gasteiger partial charge in [0.1, 0.15) is 17.2 Å². The maximum Gasteiger partial charge on any atom is 0.309 e. The number of likely N-dealkylation sites (tertiary alicyclic amines) is 1. The van der Waals surface area contributed by atoms with Crippen LogP contribution in [0.2, 0.25) is 0 Å². The fraction of sp³-hybridized carbons (Fsp3) is 0.400. The smallest absolute Gasteiger partial charge is 0.309 e. The molecule has 0 saturated carbocycles. The van der Waals surface area contributed by atoms with Gasteiger partial charge in [-0.05, 0) is 60.2 Å². The fourth-order valence-corrected chi connectivity index (χ4v) is 5.59. The van der Waals surface area contributed by atoms with E-state index in [4.69, 9.17) is 9.52 Å². The van der Waals surface area contributed by atoms with Crippen molar-refractivity contribution in [2.75, 3.05) is 32.4 Å². The van der Waals surface area contributed by atoms with E-state index in [1.165, 1.54) is 11.6 Å². The van der Waals surface area contributed by atoms with Crippen LogP contribution in [0.5, 0.6) is 0 Å². The zero-order chi connectivity index (χ0) is 23.1. The van der Waals surface area contributed by atoms with Crippen molar-refractivity contribution in [3.05, 3.63) is 59.4 Å². The minimum absolute atomic E-state index is 0.322. The van der Waals surface area contributed by atoms with Crippen LogP contribution in [-0.2, 0) is 22.3 Å². The number of rotatable bonds is 6. The molecule has 2 aromatic carbocycles. The highest BCUT2D eigenvalue weighted by Gasteiger charge is 2.32. The average Bonchev–Trinajstić information content (AvgIpc) is 3.18. The number of fused-ring (bicyclic) bond motifs is 1. The number of halogens is 1. The van der Waals surface area contributed by atoms with Gasteiger partial charge in [0.25, 0.3) is 0 Å². The monoisotopic (exact) mass is 470 g/mol. The molecule has 5 rings (SSSR count). The molecule has 0 bridgehead atoms. The number of hydrogen-bond donors (Lipinski definition) is 1. The van der Waals surface area contributed by atoms with Crippen molar-refractivity contribution in [2.24, 2.45) is 5.92 Å². The Balaban J connectivity index is 1.30. The molecule has 174 valence electrons. The average molecular weight is 471 g/mol. The van der Waals surface area contributed by atoms with Crippen molar-refractivity contribution >= 4 is 27.9 Å². The molecule has 0 aliphatic carbocycles. The van der Waals surface area contributed by atoms with E-state index in [-0.39, 0.29) is 11.7 Å². The molecule has 0 radical (unpaired) electrons. The highest BCUT2D eigenvalue weighted by molar-refractivity contribution is 7.81. The minimum Gasteiger partial charge on any atom is -0.481 e. The van der Waals surface area contributed by atoms with E-state index in [9.17, 15) is 13.4 Å². The summed E-state index contributed by atoms with van der Waals surface area (Å²) < 4.78 is 34.6. The molecule has 0 amide bonds. The first-order valence-electron chi connectivity index (χ1n) is 11.2. The molecule has 1 atom stereocenters. The molecule has 3 aromatic rings. The Hall–Kier alpha value is -2.55. The summed E-state index contributed by atoms with van der Waals surface area (Å²) in [5.74, 6) is -0.522. The van der Waals surface area contributed by atoms with E-state index in [2.05, 4.69) is 12.1 Å². The van der Waals surface area contributed by atoms with E-state index >= 15 is 0 Å². The molecule has 1 N–H and O–H groups in total. The second-order valence-corrected chi connectivity index (χ2v) is 10.4. The van der Waals surface area contributed by atoms with Gasteiger partial charge in [0.2, 0.25) is 0 Å². The number of hydrogen-bond acceptors (Lipinski definition) is 4. The van der Waals surface area contributed by atoms with Crippen LogP contribution in [0.25, 0.3) is 22.3 Å². The van der Waals surface area contributed by atoms with Crippen molar-refractivity contribution < 1.29 is 22.9 Å². The summed E-state index contributed by atoms with van der Waals surface area (Å²) in [7, 11) is -0.915. The highest BCUT2D eigenvalue weighted by Crippen LogP contribution is 2.34. The topological polar surface area (TPSA) is 74.0 Å². The lowest BCUT2D eigenvalue weighted by Crippen LogP contribution is -2.49. The zero-order valence-electron chi connectivity index (χ0n) is 18.5. The number of piperidine rings is 1. The Morgan fingerprint density at radius 2 is 1.91 bits per heavy atom. The normalized spacial score (nSPS) is 19.6. The summed E-state index contributed by atoms with van der Waals surface area (Å²) >= 11 is 0. The maximum absolute atomic E-state index is 14.9. The van der Waals surface area contributed by atoms with Crippen molar-refractivity contribution in [3.63, 3.8) is 0 Å². The molecule has 2 aliphatic heterocycles. The number of carboxylic acid groups (broad SMARTS) is 1. The van der Waals surface area contributed by atoms with Gasteiger partial charge in [-0.25, -0.2) is 12.9 Å². The summed E-state index contributed by atoms with van der Waals surface area (Å²) in [5, 5.41) is 9.95. The third kappa shape index (κ3) is 4.60. The van der Waals surface area contributed by atoms with Gasteiger partial charge in [-0.2, -0.15) is 0 Å². The lowest BCUT2D eigenvalue weighted by Gasteiger charge is -2.36. The summed E-state index contributed by atoms with van der Waals surface area (Å²) in [5.41, 5.74) is 3.20. The van der Waals surface area contributed by atoms with Crippen molar-refractivity contribution in [2.45, 2.75) is 25.3 Å². The first kappa shape index (κ1) is 22.3. The molecule has 0 spiro atoms. The quantitative estimate of drug-likeness (QED) is 0.584. The SMILES string of the molecule is CS(=O)N1CCC(c2ccc3oc(-c4ccc(CN5CC(C(=O)O)C5)cc4F)cc3c2)CC1. The molecule has 1 unspecified atom stereocenters. The lowest BCUT2D eigenvalue weighted by molar-refractivity contribution is -0.147. The first-order chi connectivity index (χ1) is 15.9. The molecule has 3 heterocycles. The van der Waals surface area contributed by atoms with Gasteiger partial charge in [-0.3, -0.25) is 9.69 Å². The molecule has 2 fully saturated rings. The number of aliphatic carboxylic acids is 1. The van der Waals surface area contributed by atoms with Gasteiger partial charge in [-0.1, -0.05) is 12.1 Å². The number of carboxylic acids is 1. The first-order valence-corrected chi connectivity index (χ1v) is 12.7. The van der Waals surface area contributed by atoms with Crippen LogP contribution < -0.4 is 0 Å². The second-order valence-electron chi connectivity index (χ2n) is 9.08. The van der Waals surface area contributed by atoms with Crippen LogP contribution in [0.3, 0.4) is 0 Å². The van der Waals surface area contributed by atoms with E-state index in [0.717, 1.165) is 42.5 Å². The van der Waals surface area contributed by atoms with Crippen molar-refractivity contribution in [1.82, 2.24) is 9.21 Å². The van der Waals surface area contributed by atoms with Gasteiger partial charge in [0, 0.05) is 44.4 Å². The number of carbonyl (C=O) groups is 1. The molecule has 33 heavy (non-hydrogen) atoms. The maximum atomic E-state index is 14.9. The molecule has 1 aromatic heterocycles. The molecule has 2 aliphatic rings.